The summed E-state index contributed by atoms with van der Waals surface area (Å²) < 4.78 is 40.1. The number of rotatable bonds is 3. The number of sulfonamides is 1. The number of hydrogen-bond donors (Lipinski definition) is 2. The van der Waals surface area contributed by atoms with E-state index in [0.717, 1.165) is 17.4 Å². The van der Waals surface area contributed by atoms with E-state index in [-0.39, 0.29) is 15.6 Å². The summed E-state index contributed by atoms with van der Waals surface area (Å²) in [6.07, 6.45) is 2.76. The van der Waals surface area contributed by atoms with Gasteiger partial charge in [-0.3, -0.25) is 4.72 Å². The Morgan fingerprint density at radius 2 is 2.24 bits per heavy atom. The zero-order valence-electron chi connectivity index (χ0n) is 10.3. The van der Waals surface area contributed by atoms with Gasteiger partial charge in [-0.1, -0.05) is 0 Å². The van der Waals surface area contributed by atoms with Crippen molar-refractivity contribution < 1.29 is 12.8 Å². The van der Waals surface area contributed by atoms with E-state index in [1.807, 2.05) is 6.07 Å². The van der Waals surface area contributed by atoms with Crippen molar-refractivity contribution in [1.29, 1.82) is 5.26 Å². The van der Waals surface area contributed by atoms with Crippen molar-refractivity contribution >= 4 is 38.0 Å². The quantitative estimate of drug-likeness (QED) is 0.773. The summed E-state index contributed by atoms with van der Waals surface area (Å²) >= 11 is 0.951. The molecule has 9 heteroatoms. The van der Waals surface area contributed by atoms with Crippen LogP contribution in [-0.4, -0.2) is 18.4 Å². The molecule has 0 saturated carbocycles. The summed E-state index contributed by atoms with van der Waals surface area (Å²) in [5.74, 6) is -0.643. The number of halogens is 1. The first-order valence-corrected chi connectivity index (χ1v) is 8.00. The third kappa shape index (κ3) is 2.35. The molecular formula is C12H7FN4O2S2. The number of aromatic amines is 1. The van der Waals surface area contributed by atoms with Gasteiger partial charge >= 0.3 is 0 Å². The van der Waals surface area contributed by atoms with Gasteiger partial charge in [-0.15, -0.1) is 11.3 Å². The van der Waals surface area contributed by atoms with Crippen LogP contribution in [0.25, 0.3) is 10.9 Å². The lowest BCUT2D eigenvalue weighted by Gasteiger charge is -2.07. The number of hydrogen-bond acceptors (Lipinski definition) is 5. The third-order valence-electron chi connectivity index (χ3n) is 2.76. The van der Waals surface area contributed by atoms with Crippen LogP contribution in [0.4, 0.5) is 10.1 Å². The highest BCUT2D eigenvalue weighted by molar-refractivity contribution is 7.94. The Bertz CT molecular complexity index is 955. The number of aromatic nitrogens is 2. The minimum absolute atomic E-state index is 0.0294. The second kappa shape index (κ2) is 4.83. The molecule has 0 aliphatic rings. The first-order valence-electron chi connectivity index (χ1n) is 5.64. The van der Waals surface area contributed by atoms with Crippen molar-refractivity contribution in [3.8, 4) is 6.07 Å². The Labute approximate surface area is 122 Å². The van der Waals surface area contributed by atoms with Crippen molar-refractivity contribution in [3.05, 3.63) is 41.3 Å². The van der Waals surface area contributed by atoms with Crippen LogP contribution >= 0.6 is 11.3 Å². The molecule has 0 bridgehead atoms. The van der Waals surface area contributed by atoms with E-state index in [1.165, 1.54) is 23.8 Å². The highest BCUT2D eigenvalue weighted by Crippen LogP contribution is 2.28. The Balaban J connectivity index is 2.14. The number of nitrogens with zero attached hydrogens (tertiary/aromatic N) is 2. The number of benzene rings is 1. The first-order chi connectivity index (χ1) is 10.0. The summed E-state index contributed by atoms with van der Waals surface area (Å²) in [6.45, 7) is 0. The summed E-state index contributed by atoms with van der Waals surface area (Å²) in [4.78, 5) is 6.49. The number of thiazole rings is 1. The largest absolute Gasteiger partial charge is 0.358 e. The maximum Gasteiger partial charge on any atom is 0.289 e. The molecule has 6 nitrogen and oxygen atoms in total. The van der Waals surface area contributed by atoms with Gasteiger partial charge in [0.1, 0.15) is 11.9 Å². The molecule has 21 heavy (non-hydrogen) atoms. The molecule has 3 rings (SSSR count). The lowest BCUT2D eigenvalue weighted by molar-refractivity contribution is 0.600. The van der Waals surface area contributed by atoms with E-state index in [4.69, 9.17) is 5.26 Å². The standard InChI is InChI=1S/C12H7FN4O2S2/c13-8-3-9-7(5-14)6-16-11(9)10(4-8)17-21(18,19)12-15-1-2-20-12/h1-4,6,16-17H. The third-order valence-corrected chi connectivity index (χ3v) is 5.32. The predicted molar refractivity (Wildman–Crippen MR) is 75.9 cm³/mol. The molecule has 106 valence electrons. The minimum atomic E-state index is -3.89. The topological polar surface area (TPSA) is 98.6 Å². The molecule has 0 atom stereocenters. The van der Waals surface area contributed by atoms with E-state index >= 15 is 0 Å². The number of H-pyrrole nitrogens is 1. The Morgan fingerprint density at radius 3 is 2.90 bits per heavy atom. The van der Waals surface area contributed by atoms with Crippen LogP contribution < -0.4 is 4.72 Å². The molecule has 0 aliphatic carbocycles. The van der Waals surface area contributed by atoms with Gasteiger partial charge in [0, 0.05) is 29.2 Å². The number of nitriles is 1. The average molecular weight is 322 g/mol. The molecule has 0 fully saturated rings. The van der Waals surface area contributed by atoms with E-state index in [2.05, 4.69) is 14.7 Å². The van der Waals surface area contributed by atoms with Gasteiger partial charge in [0.05, 0.1) is 16.8 Å². The zero-order chi connectivity index (χ0) is 15.0. The van der Waals surface area contributed by atoms with E-state index < -0.39 is 15.8 Å². The molecule has 0 aliphatic heterocycles. The average Bonchev–Trinajstić information content (AvgIpc) is 3.07. The van der Waals surface area contributed by atoms with Crippen LogP contribution in [0.2, 0.25) is 0 Å². The van der Waals surface area contributed by atoms with E-state index in [1.54, 1.807) is 0 Å². The monoisotopic (exact) mass is 322 g/mol. The van der Waals surface area contributed by atoms with Gasteiger partial charge in [0.15, 0.2) is 0 Å². The molecule has 0 unspecified atom stereocenters. The van der Waals surface area contributed by atoms with Crippen LogP contribution in [0.5, 0.6) is 0 Å². The number of fused-ring (bicyclic) bond motifs is 1. The summed E-state index contributed by atoms with van der Waals surface area (Å²) in [5, 5.41) is 10.8. The van der Waals surface area contributed by atoms with Crippen molar-refractivity contribution in [1.82, 2.24) is 9.97 Å². The van der Waals surface area contributed by atoms with Gasteiger partial charge in [0.2, 0.25) is 4.34 Å². The zero-order valence-corrected chi connectivity index (χ0v) is 11.9. The highest BCUT2D eigenvalue weighted by Gasteiger charge is 2.20. The van der Waals surface area contributed by atoms with E-state index in [0.29, 0.717) is 10.9 Å². The molecule has 3 aromatic rings. The lowest BCUT2D eigenvalue weighted by atomic mass is 10.1. The maximum atomic E-state index is 13.6. The van der Waals surface area contributed by atoms with E-state index in [9.17, 15) is 12.8 Å². The molecule has 0 spiro atoms. The number of anilines is 1. The summed E-state index contributed by atoms with van der Waals surface area (Å²) in [5.41, 5.74) is 0.606. The Hall–Kier alpha value is -2.44. The van der Waals surface area contributed by atoms with Crippen molar-refractivity contribution in [2.24, 2.45) is 0 Å². The molecular weight excluding hydrogens is 315 g/mol. The minimum Gasteiger partial charge on any atom is -0.358 e. The summed E-state index contributed by atoms with van der Waals surface area (Å²) in [7, 11) is -3.89. The predicted octanol–water partition coefficient (Wildman–Crippen LogP) is 2.44. The van der Waals surface area contributed by atoms with Crippen molar-refractivity contribution in [3.63, 3.8) is 0 Å². The van der Waals surface area contributed by atoms with Crippen LogP contribution in [0.3, 0.4) is 0 Å². The van der Waals surface area contributed by atoms with Gasteiger partial charge in [-0.05, 0) is 6.07 Å². The maximum absolute atomic E-state index is 13.6. The Morgan fingerprint density at radius 1 is 1.43 bits per heavy atom. The molecule has 0 amide bonds. The van der Waals surface area contributed by atoms with Crippen LogP contribution in [-0.2, 0) is 10.0 Å². The lowest BCUT2D eigenvalue weighted by Crippen LogP contribution is -2.13. The van der Waals surface area contributed by atoms with Gasteiger partial charge in [0.25, 0.3) is 10.0 Å². The second-order valence-electron chi connectivity index (χ2n) is 4.09. The summed E-state index contributed by atoms with van der Waals surface area (Å²) in [6, 6.07) is 4.13. The molecule has 0 saturated heterocycles. The van der Waals surface area contributed by atoms with Gasteiger partial charge < -0.3 is 4.98 Å². The molecule has 2 heterocycles. The highest BCUT2D eigenvalue weighted by atomic mass is 32.2. The van der Waals surface area contributed by atoms with Gasteiger partial charge in [-0.2, -0.15) is 13.7 Å². The SMILES string of the molecule is N#Cc1c[nH]c2c(NS(=O)(=O)c3nccs3)cc(F)cc12. The molecule has 2 N–H and O–H groups in total. The van der Waals surface area contributed by atoms with Crippen molar-refractivity contribution in [2.45, 2.75) is 4.34 Å². The fourth-order valence-corrected chi connectivity index (χ4v) is 3.80. The van der Waals surface area contributed by atoms with Crippen LogP contribution in [0.1, 0.15) is 5.56 Å². The molecule has 2 aromatic heterocycles. The number of nitrogens with one attached hydrogen (secondary N) is 2. The molecule has 1 aromatic carbocycles. The second-order valence-corrected chi connectivity index (χ2v) is 6.84. The van der Waals surface area contributed by atoms with Crippen molar-refractivity contribution in [2.75, 3.05) is 4.72 Å². The molecule has 0 radical (unpaired) electrons. The van der Waals surface area contributed by atoms with Gasteiger partial charge in [-0.25, -0.2) is 9.37 Å². The Kier molecular flexibility index (Phi) is 3.12. The van der Waals surface area contributed by atoms with Crippen LogP contribution in [0.15, 0.2) is 34.2 Å². The van der Waals surface area contributed by atoms with Crippen LogP contribution in [0, 0.1) is 17.1 Å². The fraction of sp³-hybridized carbons (Fsp3) is 0. The normalized spacial score (nSPS) is 11.4. The fourth-order valence-electron chi connectivity index (χ4n) is 1.90. The smallest absolute Gasteiger partial charge is 0.289 e. The first kappa shape index (κ1) is 13.5.